The van der Waals surface area contributed by atoms with E-state index < -0.39 is 0 Å². The molecule has 28 heavy (non-hydrogen) atoms. The van der Waals surface area contributed by atoms with E-state index in [1.807, 2.05) is 0 Å². The number of nitrogens with zero attached hydrogens (tertiary/aromatic N) is 4. The van der Waals surface area contributed by atoms with E-state index in [1.54, 1.807) is 24.3 Å². The molecule has 8 heteroatoms. The summed E-state index contributed by atoms with van der Waals surface area (Å²) in [6.45, 7) is 1.56. The van der Waals surface area contributed by atoms with Crippen LogP contribution in [0.1, 0.15) is 51.4 Å². The number of aliphatic imine (C=N–C) groups is 4. The topological polar surface area (TPSA) is 118 Å². The first-order valence-corrected chi connectivity index (χ1v) is 9.80. The molecule has 8 nitrogen and oxygen atoms in total. The molecule has 0 aromatic rings. The molecule has 0 aromatic carbocycles. The lowest BCUT2D eigenvalue weighted by Crippen LogP contribution is -2.51. The minimum atomic E-state index is -0.301. The van der Waals surface area contributed by atoms with Crippen LogP contribution in [0.3, 0.4) is 0 Å². The van der Waals surface area contributed by atoms with E-state index in [1.165, 1.54) is 0 Å². The monoisotopic (exact) mass is 386 g/mol. The van der Waals surface area contributed by atoms with Crippen molar-refractivity contribution >= 4 is 24.3 Å². The summed E-state index contributed by atoms with van der Waals surface area (Å²) in [4.78, 5) is 58.2. The van der Waals surface area contributed by atoms with Gasteiger partial charge in [-0.05, 0) is 67.6 Å². The highest BCUT2D eigenvalue weighted by Crippen LogP contribution is 2.59. The van der Waals surface area contributed by atoms with Crippen molar-refractivity contribution < 1.29 is 19.2 Å². The lowest BCUT2D eigenvalue weighted by atomic mass is 9.50. The summed E-state index contributed by atoms with van der Waals surface area (Å²) in [6.07, 6.45) is 13.5. The Balaban J connectivity index is 2.34. The first-order chi connectivity index (χ1) is 13.6. The van der Waals surface area contributed by atoms with Gasteiger partial charge < -0.3 is 0 Å². The molecule has 0 heterocycles. The SMILES string of the molecule is O=C=NCC1CCC(CN=C=O)(C2(CN=C=O)CCCC(CN=C=O)C2)CC1. The van der Waals surface area contributed by atoms with Crippen LogP contribution in [0.2, 0.25) is 0 Å². The molecule has 0 aromatic heterocycles. The molecular weight excluding hydrogens is 360 g/mol. The first-order valence-electron chi connectivity index (χ1n) is 9.80. The second-order valence-electron chi connectivity index (χ2n) is 8.15. The molecule has 2 aliphatic carbocycles. The summed E-state index contributed by atoms with van der Waals surface area (Å²) < 4.78 is 0. The number of rotatable bonds is 9. The van der Waals surface area contributed by atoms with Gasteiger partial charge in [-0.15, -0.1) is 0 Å². The first kappa shape index (κ1) is 21.8. The molecule has 2 atom stereocenters. The van der Waals surface area contributed by atoms with E-state index >= 15 is 0 Å². The zero-order chi connectivity index (χ0) is 20.3. The Labute approximate surface area is 164 Å². The smallest absolute Gasteiger partial charge is 0.211 e. The summed E-state index contributed by atoms with van der Waals surface area (Å²) in [5.74, 6) is 0.520. The quantitative estimate of drug-likeness (QED) is 0.447. The highest BCUT2D eigenvalue weighted by Gasteiger charge is 2.53. The maximum Gasteiger partial charge on any atom is 0.234 e. The van der Waals surface area contributed by atoms with Gasteiger partial charge >= 0.3 is 0 Å². The summed E-state index contributed by atoms with van der Waals surface area (Å²) in [5.41, 5.74) is -0.583. The molecule has 0 spiro atoms. The van der Waals surface area contributed by atoms with Crippen molar-refractivity contribution in [1.29, 1.82) is 0 Å². The fourth-order valence-electron chi connectivity index (χ4n) is 5.40. The Kier molecular flexibility index (Phi) is 8.38. The van der Waals surface area contributed by atoms with Crippen molar-refractivity contribution in [3.05, 3.63) is 0 Å². The predicted octanol–water partition coefficient (Wildman–Crippen LogP) is 2.68. The minimum Gasteiger partial charge on any atom is -0.211 e. The maximum atomic E-state index is 10.9. The van der Waals surface area contributed by atoms with Crippen LogP contribution in [0.15, 0.2) is 20.0 Å². The van der Waals surface area contributed by atoms with Gasteiger partial charge in [0.2, 0.25) is 24.3 Å². The predicted molar refractivity (Wildman–Crippen MR) is 101 cm³/mol. The fraction of sp³-hybridized carbons (Fsp3) is 0.800. The van der Waals surface area contributed by atoms with Crippen molar-refractivity contribution in [2.24, 2.45) is 42.6 Å². The van der Waals surface area contributed by atoms with E-state index in [9.17, 15) is 19.2 Å². The number of isocyanates is 4. The molecule has 2 rings (SSSR count). The van der Waals surface area contributed by atoms with Crippen molar-refractivity contribution in [3.63, 3.8) is 0 Å². The normalized spacial score (nSPS) is 32.0. The zero-order valence-electron chi connectivity index (χ0n) is 16.1. The highest BCUT2D eigenvalue weighted by molar-refractivity contribution is 5.34. The molecule has 2 aliphatic rings. The second kappa shape index (κ2) is 10.8. The Morgan fingerprint density at radius 3 is 1.75 bits per heavy atom. The molecule has 0 bridgehead atoms. The van der Waals surface area contributed by atoms with E-state index in [0.717, 1.165) is 51.4 Å². The Morgan fingerprint density at radius 1 is 0.643 bits per heavy atom. The maximum absolute atomic E-state index is 10.9. The van der Waals surface area contributed by atoms with Crippen LogP contribution in [0.5, 0.6) is 0 Å². The molecule has 0 radical (unpaired) electrons. The lowest BCUT2D eigenvalue weighted by molar-refractivity contribution is -0.0431. The Hall–Kier alpha value is -2.48. The van der Waals surface area contributed by atoms with Gasteiger partial charge in [0, 0.05) is 0 Å². The van der Waals surface area contributed by atoms with Gasteiger partial charge in [-0.1, -0.05) is 6.42 Å². The molecule has 0 N–H and O–H groups in total. The summed E-state index contributed by atoms with van der Waals surface area (Å²) >= 11 is 0. The molecule has 0 saturated heterocycles. The van der Waals surface area contributed by atoms with Crippen molar-refractivity contribution in [2.75, 3.05) is 26.2 Å². The van der Waals surface area contributed by atoms with Crippen LogP contribution in [0, 0.1) is 22.7 Å². The van der Waals surface area contributed by atoms with Gasteiger partial charge in [0.1, 0.15) is 0 Å². The Morgan fingerprint density at radius 2 is 1.18 bits per heavy atom. The standard InChI is InChI=1S/C20H26N4O4/c25-13-21-9-17-3-6-19(7-4-17,11-23-15-27)20(12-24-16-28)5-1-2-18(8-20)10-22-14-26/h17-18H,1-12H2. The number of hydrogen-bond donors (Lipinski definition) is 0. The van der Waals surface area contributed by atoms with Crippen LogP contribution in [0.4, 0.5) is 0 Å². The largest absolute Gasteiger partial charge is 0.234 e. The average molecular weight is 386 g/mol. The molecule has 0 amide bonds. The molecule has 2 fully saturated rings. The van der Waals surface area contributed by atoms with Gasteiger partial charge in [-0.3, -0.25) is 0 Å². The second-order valence-corrected chi connectivity index (χ2v) is 8.15. The van der Waals surface area contributed by atoms with Gasteiger partial charge in [0.15, 0.2) is 0 Å². The summed E-state index contributed by atoms with van der Waals surface area (Å²) in [5, 5.41) is 0. The number of carbonyl (C=O) groups excluding carboxylic acids is 4. The Bertz CT molecular complexity index is 720. The minimum absolute atomic E-state index is 0.214. The third-order valence-corrected chi connectivity index (χ3v) is 6.86. The van der Waals surface area contributed by atoms with Crippen molar-refractivity contribution in [2.45, 2.75) is 51.4 Å². The van der Waals surface area contributed by atoms with E-state index in [4.69, 9.17) is 0 Å². The third kappa shape index (κ3) is 5.07. The molecular formula is C20H26N4O4. The van der Waals surface area contributed by atoms with Gasteiger partial charge in [0.25, 0.3) is 0 Å². The van der Waals surface area contributed by atoms with Crippen LogP contribution in [-0.2, 0) is 19.2 Å². The van der Waals surface area contributed by atoms with E-state index in [0.29, 0.717) is 32.1 Å². The summed E-state index contributed by atoms with van der Waals surface area (Å²) in [7, 11) is 0. The van der Waals surface area contributed by atoms with Crippen LogP contribution < -0.4 is 0 Å². The van der Waals surface area contributed by atoms with Crippen molar-refractivity contribution in [1.82, 2.24) is 0 Å². The molecule has 2 unspecified atom stereocenters. The summed E-state index contributed by atoms with van der Waals surface area (Å²) in [6, 6.07) is 0. The third-order valence-electron chi connectivity index (χ3n) is 6.86. The highest BCUT2D eigenvalue weighted by atomic mass is 16.1. The van der Waals surface area contributed by atoms with E-state index in [-0.39, 0.29) is 16.7 Å². The van der Waals surface area contributed by atoms with Crippen LogP contribution in [-0.4, -0.2) is 50.5 Å². The average Bonchev–Trinajstić information content (AvgIpc) is 2.74. The van der Waals surface area contributed by atoms with Crippen LogP contribution in [0.25, 0.3) is 0 Å². The number of hydrogen-bond acceptors (Lipinski definition) is 8. The fourth-order valence-corrected chi connectivity index (χ4v) is 5.40. The lowest BCUT2D eigenvalue weighted by Gasteiger charge is -2.55. The molecule has 2 saturated carbocycles. The van der Waals surface area contributed by atoms with Crippen LogP contribution >= 0.6 is 0 Å². The van der Waals surface area contributed by atoms with Gasteiger partial charge in [-0.2, -0.15) is 0 Å². The van der Waals surface area contributed by atoms with E-state index in [2.05, 4.69) is 20.0 Å². The molecule has 0 aliphatic heterocycles. The van der Waals surface area contributed by atoms with Gasteiger partial charge in [-0.25, -0.2) is 39.1 Å². The van der Waals surface area contributed by atoms with Crippen molar-refractivity contribution in [3.8, 4) is 0 Å². The zero-order valence-corrected chi connectivity index (χ0v) is 16.1. The van der Waals surface area contributed by atoms with Gasteiger partial charge in [0.05, 0.1) is 26.2 Å². The molecule has 150 valence electrons.